The van der Waals surface area contributed by atoms with Gasteiger partial charge in [0.05, 0.1) is 12.5 Å². The first-order chi connectivity index (χ1) is 8.11. The number of hydrogen-bond acceptors (Lipinski definition) is 3. The molecule has 0 unspecified atom stereocenters. The number of hydrogen-bond donors (Lipinski definition) is 2. The number of carboxylic acid groups (broad SMARTS) is 1. The second kappa shape index (κ2) is 5.12. The molecule has 18 heavy (non-hydrogen) atoms. The van der Waals surface area contributed by atoms with E-state index in [-0.39, 0.29) is 19.4 Å². The third-order valence-electron chi connectivity index (χ3n) is 2.85. The minimum atomic E-state index is -1.64. The molecule has 1 amide bonds. The van der Waals surface area contributed by atoms with Crippen LogP contribution >= 0.6 is 0 Å². The molecular formula is C12H20FNO4. The van der Waals surface area contributed by atoms with Crippen LogP contribution in [0.5, 0.6) is 0 Å². The van der Waals surface area contributed by atoms with Crippen molar-refractivity contribution in [1.29, 1.82) is 0 Å². The summed E-state index contributed by atoms with van der Waals surface area (Å²) in [5, 5.41) is 11.1. The molecule has 0 bridgehead atoms. The molecule has 5 nitrogen and oxygen atoms in total. The standard InChI is InChI=1S/C12H20FNO4/c1-11(2,3)18-10(17)14-7-12(13)5-4-8(6-12)9(15)16/h8H,4-7H2,1-3H3,(H,14,17)(H,15,16)/t8-,12+/m0/s1. The highest BCUT2D eigenvalue weighted by Crippen LogP contribution is 2.37. The number of carboxylic acids is 1. The van der Waals surface area contributed by atoms with Crippen molar-refractivity contribution in [2.45, 2.75) is 51.3 Å². The van der Waals surface area contributed by atoms with E-state index in [4.69, 9.17) is 9.84 Å². The fourth-order valence-electron chi connectivity index (χ4n) is 1.99. The average molecular weight is 261 g/mol. The van der Waals surface area contributed by atoms with Crippen molar-refractivity contribution in [3.63, 3.8) is 0 Å². The summed E-state index contributed by atoms with van der Waals surface area (Å²) in [4.78, 5) is 22.1. The van der Waals surface area contributed by atoms with Gasteiger partial charge in [0.25, 0.3) is 0 Å². The van der Waals surface area contributed by atoms with Crippen molar-refractivity contribution in [2.75, 3.05) is 6.54 Å². The highest BCUT2D eigenvalue weighted by molar-refractivity contribution is 5.71. The summed E-state index contributed by atoms with van der Waals surface area (Å²) < 4.78 is 19.2. The number of alkyl halides is 1. The first kappa shape index (κ1) is 14.7. The summed E-state index contributed by atoms with van der Waals surface area (Å²) in [7, 11) is 0. The van der Waals surface area contributed by atoms with Crippen molar-refractivity contribution in [2.24, 2.45) is 5.92 Å². The number of nitrogens with one attached hydrogen (secondary N) is 1. The van der Waals surface area contributed by atoms with E-state index in [0.717, 1.165) is 0 Å². The number of amides is 1. The molecule has 1 rings (SSSR count). The van der Waals surface area contributed by atoms with E-state index in [9.17, 15) is 14.0 Å². The molecule has 0 saturated heterocycles. The van der Waals surface area contributed by atoms with E-state index < -0.39 is 29.3 Å². The van der Waals surface area contributed by atoms with Crippen LogP contribution in [0.2, 0.25) is 0 Å². The zero-order valence-electron chi connectivity index (χ0n) is 11.0. The Kier molecular flexibility index (Phi) is 4.19. The topological polar surface area (TPSA) is 75.6 Å². The van der Waals surface area contributed by atoms with Crippen LogP contribution in [0.15, 0.2) is 0 Å². The number of carbonyl (C=O) groups excluding carboxylic acids is 1. The molecule has 2 N–H and O–H groups in total. The van der Waals surface area contributed by atoms with Crippen LogP contribution in [-0.2, 0) is 9.53 Å². The molecular weight excluding hydrogens is 241 g/mol. The molecule has 0 aromatic carbocycles. The zero-order chi connectivity index (χ0) is 14.0. The lowest BCUT2D eigenvalue weighted by atomic mass is 10.0. The Labute approximate surface area is 106 Å². The molecule has 1 aliphatic carbocycles. The lowest BCUT2D eigenvalue weighted by Crippen LogP contribution is -2.41. The highest BCUT2D eigenvalue weighted by Gasteiger charge is 2.42. The SMILES string of the molecule is CC(C)(C)OC(=O)NC[C@@]1(F)CC[C@H](C(=O)O)C1. The van der Waals surface area contributed by atoms with Gasteiger partial charge in [0.2, 0.25) is 0 Å². The summed E-state index contributed by atoms with van der Waals surface area (Å²) in [6.07, 6.45) is -0.280. The van der Waals surface area contributed by atoms with Crippen molar-refractivity contribution < 1.29 is 23.8 Å². The van der Waals surface area contributed by atoms with Gasteiger partial charge >= 0.3 is 12.1 Å². The third-order valence-corrected chi connectivity index (χ3v) is 2.85. The van der Waals surface area contributed by atoms with Gasteiger partial charge in [-0.1, -0.05) is 0 Å². The normalized spacial score (nSPS) is 27.9. The van der Waals surface area contributed by atoms with Crippen LogP contribution in [0.1, 0.15) is 40.0 Å². The molecule has 0 aliphatic heterocycles. The molecule has 1 saturated carbocycles. The predicted octanol–water partition coefficient (Wildman–Crippen LogP) is 2.10. The van der Waals surface area contributed by atoms with Gasteiger partial charge in [-0.2, -0.15) is 0 Å². The number of ether oxygens (including phenoxy) is 1. The summed E-state index contributed by atoms with van der Waals surface area (Å²) in [5.74, 6) is -1.64. The fraction of sp³-hybridized carbons (Fsp3) is 0.833. The largest absolute Gasteiger partial charge is 0.481 e. The highest BCUT2D eigenvalue weighted by atomic mass is 19.1. The van der Waals surface area contributed by atoms with E-state index in [1.807, 2.05) is 0 Å². The summed E-state index contributed by atoms with van der Waals surface area (Å²) in [6, 6.07) is 0. The monoisotopic (exact) mass is 261 g/mol. The average Bonchev–Trinajstić information content (AvgIpc) is 2.56. The Hall–Kier alpha value is -1.33. The first-order valence-electron chi connectivity index (χ1n) is 6.00. The third kappa shape index (κ3) is 4.50. The van der Waals surface area contributed by atoms with Crippen molar-refractivity contribution in [1.82, 2.24) is 5.32 Å². The maximum Gasteiger partial charge on any atom is 0.407 e. The summed E-state index contributed by atoms with van der Waals surface area (Å²) >= 11 is 0. The van der Waals surface area contributed by atoms with E-state index in [0.29, 0.717) is 6.42 Å². The van der Waals surface area contributed by atoms with Crippen LogP contribution in [0.25, 0.3) is 0 Å². The lowest BCUT2D eigenvalue weighted by Gasteiger charge is -2.23. The van der Waals surface area contributed by atoms with Gasteiger partial charge in [0, 0.05) is 0 Å². The molecule has 0 spiro atoms. The molecule has 6 heteroatoms. The van der Waals surface area contributed by atoms with Gasteiger partial charge in [-0.15, -0.1) is 0 Å². The number of halogens is 1. The molecule has 0 radical (unpaired) electrons. The minimum Gasteiger partial charge on any atom is -0.481 e. The Bertz CT molecular complexity index is 339. The van der Waals surface area contributed by atoms with Crippen molar-refractivity contribution in [3.8, 4) is 0 Å². The Morgan fingerprint density at radius 1 is 1.50 bits per heavy atom. The Balaban J connectivity index is 2.40. The minimum absolute atomic E-state index is 0.0574. The van der Waals surface area contributed by atoms with Gasteiger partial charge in [-0.25, -0.2) is 9.18 Å². The zero-order valence-corrected chi connectivity index (χ0v) is 11.0. The van der Waals surface area contributed by atoms with E-state index in [1.165, 1.54) is 0 Å². The quantitative estimate of drug-likeness (QED) is 0.815. The van der Waals surface area contributed by atoms with E-state index in [2.05, 4.69) is 5.32 Å². The van der Waals surface area contributed by atoms with Crippen molar-refractivity contribution >= 4 is 12.1 Å². The number of rotatable bonds is 3. The lowest BCUT2D eigenvalue weighted by molar-refractivity contribution is -0.141. The number of alkyl carbamates (subject to hydrolysis) is 1. The van der Waals surface area contributed by atoms with Crippen LogP contribution in [0.3, 0.4) is 0 Å². The molecule has 2 atom stereocenters. The van der Waals surface area contributed by atoms with Crippen LogP contribution in [-0.4, -0.2) is 35.0 Å². The molecule has 0 heterocycles. The summed E-state index contributed by atoms with van der Waals surface area (Å²) in [6.45, 7) is 4.95. The molecule has 104 valence electrons. The van der Waals surface area contributed by atoms with E-state index >= 15 is 0 Å². The molecule has 1 fully saturated rings. The first-order valence-corrected chi connectivity index (χ1v) is 6.00. The van der Waals surface area contributed by atoms with E-state index in [1.54, 1.807) is 20.8 Å². The summed E-state index contributed by atoms with van der Waals surface area (Å²) in [5.41, 5.74) is -2.27. The maximum atomic E-state index is 14.2. The molecule has 0 aromatic rings. The van der Waals surface area contributed by atoms with Crippen LogP contribution in [0, 0.1) is 5.92 Å². The predicted molar refractivity (Wildman–Crippen MR) is 63.1 cm³/mol. The van der Waals surface area contributed by atoms with Gasteiger partial charge in [-0.3, -0.25) is 4.79 Å². The van der Waals surface area contributed by atoms with Gasteiger partial charge in [0.15, 0.2) is 0 Å². The Morgan fingerprint density at radius 2 is 2.11 bits per heavy atom. The molecule has 0 aromatic heterocycles. The van der Waals surface area contributed by atoms with Gasteiger partial charge in [-0.05, 0) is 40.0 Å². The number of aliphatic carboxylic acids is 1. The molecule has 1 aliphatic rings. The van der Waals surface area contributed by atoms with Gasteiger partial charge in [0.1, 0.15) is 11.3 Å². The van der Waals surface area contributed by atoms with Crippen LogP contribution in [0.4, 0.5) is 9.18 Å². The smallest absolute Gasteiger partial charge is 0.407 e. The second-order valence-corrected chi connectivity index (χ2v) is 5.78. The van der Waals surface area contributed by atoms with Gasteiger partial charge < -0.3 is 15.2 Å². The second-order valence-electron chi connectivity index (χ2n) is 5.78. The number of carbonyl (C=O) groups is 2. The fourth-order valence-corrected chi connectivity index (χ4v) is 1.99. The Morgan fingerprint density at radius 3 is 2.56 bits per heavy atom. The van der Waals surface area contributed by atoms with Crippen molar-refractivity contribution in [3.05, 3.63) is 0 Å². The van der Waals surface area contributed by atoms with Crippen LogP contribution < -0.4 is 5.32 Å². The maximum absolute atomic E-state index is 14.2.